The van der Waals surface area contributed by atoms with Crippen LogP contribution in [0.2, 0.25) is 0 Å². The van der Waals surface area contributed by atoms with Gasteiger partial charge in [-0.05, 0) is 30.5 Å². The van der Waals surface area contributed by atoms with Gasteiger partial charge in [0, 0.05) is 11.7 Å². The topological polar surface area (TPSA) is 57.9 Å². The van der Waals surface area contributed by atoms with Gasteiger partial charge in [-0.25, -0.2) is 8.42 Å². The van der Waals surface area contributed by atoms with Crippen molar-refractivity contribution in [3.63, 3.8) is 0 Å². The minimum Gasteiger partial charge on any atom is -0.229 e. The van der Waals surface area contributed by atoms with E-state index in [9.17, 15) is 8.42 Å². The lowest BCUT2D eigenvalue weighted by Crippen LogP contribution is -2.19. The molecule has 0 N–H and O–H groups in total. The fourth-order valence-electron chi connectivity index (χ4n) is 2.07. The fourth-order valence-corrected chi connectivity index (χ4v) is 3.53. The van der Waals surface area contributed by atoms with Crippen LogP contribution in [0.3, 0.4) is 0 Å². The van der Waals surface area contributed by atoms with Crippen LogP contribution in [0.5, 0.6) is 0 Å². The number of hydrogen-bond acceptors (Lipinski definition) is 3. The number of nitrogens with zero attached hydrogens (tertiary/aromatic N) is 1. The first-order valence-corrected chi connectivity index (χ1v) is 7.20. The number of rotatable bonds is 3. The van der Waals surface area contributed by atoms with Crippen molar-refractivity contribution in [1.82, 2.24) is 0 Å². The average molecular weight is 235 g/mol. The molecule has 1 aromatic carbocycles. The van der Waals surface area contributed by atoms with E-state index >= 15 is 0 Å². The minimum absolute atomic E-state index is 0.179. The van der Waals surface area contributed by atoms with Gasteiger partial charge in [0.15, 0.2) is 0 Å². The van der Waals surface area contributed by atoms with Gasteiger partial charge in [-0.15, -0.1) is 0 Å². The smallest absolute Gasteiger partial charge is 0.148 e. The molecule has 0 atom stereocenters. The average Bonchev–Trinajstić information content (AvgIpc) is 2.96. The minimum atomic E-state index is -2.95. The highest BCUT2D eigenvalue weighted by Crippen LogP contribution is 2.49. The number of sulfone groups is 1. The summed E-state index contributed by atoms with van der Waals surface area (Å²) >= 11 is 0. The van der Waals surface area contributed by atoms with Crippen LogP contribution >= 0.6 is 0 Å². The first-order valence-electron chi connectivity index (χ1n) is 5.14. The van der Waals surface area contributed by atoms with E-state index in [4.69, 9.17) is 5.26 Å². The van der Waals surface area contributed by atoms with Crippen molar-refractivity contribution in [2.24, 2.45) is 0 Å². The van der Waals surface area contributed by atoms with Crippen molar-refractivity contribution < 1.29 is 8.42 Å². The summed E-state index contributed by atoms with van der Waals surface area (Å²) in [5, 5.41) is 8.69. The molecule has 2 rings (SSSR count). The van der Waals surface area contributed by atoms with Gasteiger partial charge in [0.1, 0.15) is 9.84 Å². The van der Waals surface area contributed by atoms with Crippen molar-refractivity contribution in [3.05, 3.63) is 35.4 Å². The molecule has 4 heteroatoms. The van der Waals surface area contributed by atoms with E-state index in [0.29, 0.717) is 5.56 Å². The molecule has 0 bridgehead atoms. The molecule has 84 valence electrons. The summed E-state index contributed by atoms with van der Waals surface area (Å²) < 4.78 is 22.7. The van der Waals surface area contributed by atoms with Gasteiger partial charge >= 0.3 is 0 Å². The van der Waals surface area contributed by atoms with Crippen LogP contribution in [0, 0.1) is 11.3 Å². The Morgan fingerprint density at radius 3 is 2.25 bits per heavy atom. The summed E-state index contributed by atoms with van der Waals surface area (Å²) in [7, 11) is -2.95. The molecule has 3 nitrogen and oxygen atoms in total. The SMILES string of the molecule is CS(=O)(=O)CC1(c2ccc(C#N)cc2)CC1. The van der Waals surface area contributed by atoms with Crippen molar-refractivity contribution in [2.45, 2.75) is 18.3 Å². The van der Waals surface area contributed by atoms with Crippen LogP contribution in [-0.2, 0) is 15.3 Å². The van der Waals surface area contributed by atoms with Crippen molar-refractivity contribution in [1.29, 1.82) is 5.26 Å². The third-order valence-electron chi connectivity index (χ3n) is 3.02. The molecule has 0 spiro atoms. The molecule has 1 saturated carbocycles. The molecule has 1 fully saturated rings. The standard InChI is InChI=1S/C12H13NO2S/c1-16(14,15)9-12(6-7-12)11-4-2-10(8-13)3-5-11/h2-5H,6-7,9H2,1H3. The monoisotopic (exact) mass is 235 g/mol. The van der Waals surface area contributed by atoms with Crippen LogP contribution in [0.25, 0.3) is 0 Å². The van der Waals surface area contributed by atoms with Gasteiger partial charge in [-0.1, -0.05) is 12.1 Å². The Hall–Kier alpha value is -1.34. The molecule has 16 heavy (non-hydrogen) atoms. The Morgan fingerprint density at radius 1 is 1.31 bits per heavy atom. The largest absolute Gasteiger partial charge is 0.229 e. The molecular formula is C12H13NO2S. The number of hydrogen-bond donors (Lipinski definition) is 0. The summed E-state index contributed by atoms with van der Waals surface area (Å²) in [4.78, 5) is 0. The van der Waals surface area contributed by atoms with E-state index in [0.717, 1.165) is 18.4 Å². The maximum Gasteiger partial charge on any atom is 0.148 e. The quantitative estimate of drug-likeness (QED) is 0.800. The van der Waals surface area contributed by atoms with Crippen LogP contribution in [0.4, 0.5) is 0 Å². The zero-order valence-corrected chi connectivity index (χ0v) is 9.92. The summed E-state index contributed by atoms with van der Waals surface area (Å²) in [5.74, 6) is 0.214. The van der Waals surface area contributed by atoms with Crippen molar-refractivity contribution in [2.75, 3.05) is 12.0 Å². The van der Waals surface area contributed by atoms with Gasteiger partial charge < -0.3 is 0 Å². The molecule has 1 aromatic rings. The normalized spacial score (nSPS) is 17.8. The molecule has 0 aliphatic heterocycles. The Kier molecular flexibility index (Phi) is 2.51. The second-order valence-electron chi connectivity index (χ2n) is 4.54. The van der Waals surface area contributed by atoms with Crippen LogP contribution in [0.1, 0.15) is 24.0 Å². The molecule has 1 aliphatic rings. The number of nitriles is 1. The molecule has 0 amide bonds. The fraction of sp³-hybridized carbons (Fsp3) is 0.417. The van der Waals surface area contributed by atoms with E-state index in [1.54, 1.807) is 12.1 Å². The van der Waals surface area contributed by atoms with Crippen molar-refractivity contribution in [3.8, 4) is 6.07 Å². The zero-order chi connectivity index (χ0) is 11.8. The third kappa shape index (κ3) is 2.25. The predicted octanol–water partition coefficient (Wildman–Crippen LogP) is 1.63. The van der Waals surface area contributed by atoms with Gasteiger partial charge in [0.2, 0.25) is 0 Å². The maximum absolute atomic E-state index is 11.3. The molecule has 0 aromatic heterocycles. The summed E-state index contributed by atoms with van der Waals surface area (Å²) in [6.07, 6.45) is 3.12. The maximum atomic E-state index is 11.3. The second-order valence-corrected chi connectivity index (χ2v) is 6.68. The number of benzene rings is 1. The molecule has 0 heterocycles. The van der Waals surface area contributed by atoms with Gasteiger partial charge in [0.25, 0.3) is 0 Å². The first-order chi connectivity index (χ1) is 7.45. The Labute approximate surface area is 95.6 Å². The highest BCUT2D eigenvalue weighted by Gasteiger charge is 2.46. The first kappa shape index (κ1) is 11.2. The zero-order valence-electron chi connectivity index (χ0n) is 9.10. The highest BCUT2D eigenvalue weighted by molar-refractivity contribution is 7.90. The van der Waals surface area contributed by atoms with E-state index < -0.39 is 9.84 Å². The van der Waals surface area contributed by atoms with Gasteiger partial charge in [-0.3, -0.25) is 0 Å². The molecule has 0 saturated heterocycles. The van der Waals surface area contributed by atoms with Crippen LogP contribution in [-0.4, -0.2) is 20.4 Å². The van der Waals surface area contributed by atoms with Crippen LogP contribution in [0.15, 0.2) is 24.3 Å². The Balaban J connectivity index is 2.27. The molecular weight excluding hydrogens is 222 g/mol. The van der Waals surface area contributed by atoms with E-state index in [2.05, 4.69) is 6.07 Å². The Bertz CT molecular complexity index is 533. The predicted molar refractivity (Wildman–Crippen MR) is 61.8 cm³/mol. The summed E-state index contributed by atoms with van der Waals surface area (Å²) in [6, 6.07) is 9.29. The van der Waals surface area contributed by atoms with E-state index in [1.165, 1.54) is 6.26 Å². The lowest BCUT2D eigenvalue weighted by molar-refractivity contribution is 0.592. The summed E-state index contributed by atoms with van der Waals surface area (Å²) in [6.45, 7) is 0. The Morgan fingerprint density at radius 2 is 1.88 bits per heavy atom. The van der Waals surface area contributed by atoms with E-state index in [1.807, 2.05) is 12.1 Å². The third-order valence-corrected chi connectivity index (χ3v) is 4.10. The molecule has 0 radical (unpaired) electrons. The van der Waals surface area contributed by atoms with Gasteiger partial charge in [-0.2, -0.15) is 5.26 Å². The van der Waals surface area contributed by atoms with E-state index in [-0.39, 0.29) is 11.2 Å². The lowest BCUT2D eigenvalue weighted by atomic mass is 9.97. The highest BCUT2D eigenvalue weighted by atomic mass is 32.2. The molecule has 0 unspecified atom stereocenters. The van der Waals surface area contributed by atoms with Crippen molar-refractivity contribution >= 4 is 9.84 Å². The lowest BCUT2D eigenvalue weighted by Gasteiger charge is -2.14. The molecule has 1 aliphatic carbocycles. The van der Waals surface area contributed by atoms with Gasteiger partial charge in [0.05, 0.1) is 17.4 Å². The second kappa shape index (κ2) is 3.60. The summed E-state index contributed by atoms with van der Waals surface area (Å²) in [5.41, 5.74) is 1.47. The van der Waals surface area contributed by atoms with Crippen LogP contribution < -0.4 is 0 Å².